The molecule has 0 radical (unpaired) electrons. The van der Waals surface area contributed by atoms with E-state index >= 15 is 0 Å². The molecule has 0 aliphatic carbocycles. The second kappa shape index (κ2) is 9.75. The van der Waals surface area contributed by atoms with E-state index < -0.39 is 41.4 Å². The predicted octanol–water partition coefficient (Wildman–Crippen LogP) is 1.30. The molecule has 0 aromatic heterocycles. The summed E-state index contributed by atoms with van der Waals surface area (Å²) in [6.45, 7) is 5.53. The van der Waals surface area contributed by atoms with E-state index in [2.05, 4.69) is 20.0 Å². The van der Waals surface area contributed by atoms with E-state index in [-0.39, 0.29) is 0 Å². The van der Waals surface area contributed by atoms with E-state index in [0.717, 1.165) is 33.6 Å². The first kappa shape index (κ1) is 27.1. The number of rotatable bonds is 8. The Kier molecular flexibility index (Phi) is 9.13. The summed E-state index contributed by atoms with van der Waals surface area (Å²) in [5, 5.41) is 6.72. The molecule has 0 saturated carbocycles. The van der Waals surface area contributed by atoms with Gasteiger partial charge >= 0.3 is 12.2 Å². The minimum atomic E-state index is -3.46. The lowest BCUT2D eigenvalue weighted by Crippen LogP contribution is -2.33. The molecule has 168 valence electrons. The Morgan fingerprint density at radius 2 is 1.07 bits per heavy atom. The maximum atomic E-state index is 11.8. The van der Waals surface area contributed by atoms with Gasteiger partial charge in [0.2, 0.25) is 0 Å². The van der Waals surface area contributed by atoms with Gasteiger partial charge in [-0.15, -0.1) is 0 Å². The van der Waals surface area contributed by atoms with Crippen molar-refractivity contribution < 1.29 is 36.1 Å². The van der Waals surface area contributed by atoms with Gasteiger partial charge in [-0.2, -0.15) is 0 Å². The number of nitrogens with zero attached hydrogens (tertiary/aromatic N) is 4. The van der Waals surface area contributed by atoms with Crippen LogP contribution in [0.4, 0.5) is 9.59 Å². The van der Waals surface area contributed by atoms with Gasteiger partial charge in [0.25, 0.3) is 0 Å². The second-order valence-corrected chi connectivity index (χ2v) is 13.5. The summed E-state index contributed by atoms with van der Waals surface area (Å²) in [6.07, 6.45) is 1.99. The van der Waals surface area contributed by atoms with Crippen molar-refractivity contribution in [2.45, 2.75) is 37.2 Å². The molecule has 0 heterocycles. The van der Waals surface area contributed by atoms with E-state index in [1.54, 1.807) is 0 Å². The molecule has 0 bridgehead atoms. The SMILES string of the molecule is CN(SN(C)C(=O)ON=CC(C)(C)S(C)(=O)=O)C(=O)ON=CC(C)(C)S(C)(=O)=O. The van der Waals surface area contributed by atoms with Crippen LogP contribution in [0, 0.1) is 0 Å². The van der Waals surface area contributed by atoms with Crippen LogP contribution in [-0.2, 0) is 29.3 Å². The zero-order chi connectivity index (χ0) is 23.3. The Bertz CT molecular complexity index is 807. The molecule has 0 fully saturated rings. The third-order valence-corrected chi connectivity index (χ3v) is 8.48. The van der Waals surface area contributed by atoms with Crippen molar-refractivity contribution in [3.05, 3.63) is 0 Å². The van der Waals surface area contributed by atoms with Crippen molar-refractivity contribution >= 4 is 56.4 Å². The monoisotopic (exact) mass is 474 g/mol. The van der Waals surface area contributed by atoms with Gasteiger partial charge in [-0.05, 0) is 27.7 Å². The molecule has 29 heavy (non-hydrogen) atoms. The molecule has 0 aliphatic heterocycles. The van der Waals surface area contributed by atoms with Crippen LogP contribution < -0.4 is 0 Å². The Labute approximate surface area is 175 Å². The summed E-state index contributed by atoms with van der Waals surface area (Å²) >= 11 is 0.576. The smallest absolute Gasteiger partial charge is 0.298 e. The van der Waals surface area contributed by atoms with Gasteiger partial charge < -0.3 is 0 Å². The van der Waals surface area contributed by atoms with Gasteiger partial charge in [0.05, 0.1) is 24.6 Å². The molecule has 0 spiro atoms. The molecule has 2 amide bonds. The van der Waals surface area contributed by atoms with Crippen LogP contribution >= 0.6 is 12.1 Å². The van der Waals surface area contributed by atoms with E-state index in [1.807, 2.05) is 0 Å². The largest absolute Gasteiger partial charge is 0.447 e. The van der Waals surface area contributed by atoms with Crippen LogP contribution in [0.15, 0.2) is 10.3 Å². The van der Waals surface area contributed by atoms with Crippen molar-refractivity contribution in [1.82, 2.24) is 8.61 Å². The van der Waals surface area contributed by atoms with Crippen LogP contribution in [0.1, 0.15) is 27.7 Å². The minimum Gasteiger partial charge on any atom is -0.298 e. The van der Waals surface area contributed by atoms with Crippen LogP contribution in [0.5, 0.6) is 0 Å². The van der Waals surface area contributed by atoms with E-state index in [1.165, 1.54) is 41.8 Å². The highest BCUT2D eigenvalue weighted by atomic mass is 32.2. The van der Waals surface area contributed by atoms with Gasteiger partial charge in [-0.25, -0.2) is 35.0 Å². The number of carbonyl (C=O) groups is 2. The molecule has 0 atom stereocenters. The number of sulfone groups is 2. The first-order chi connectivity index (χ1) is 12.8. The second-order valence-electron chi connectivity index (χ2n) is 7.01. The van der Waals surface area contributed by atoms with Crippen LogP contribution in [0.25, 0.3) is 0 Å². The van der Waals surface area contributed by atoms with Gasteiger partial charge in [-0.1, -0.05) is 10.3 Å². The Morgan fingerprint density at radius 3 is 1.31 bits per heavy atom. The van der Waals surface area contributed by atoms with E-state index in [0.29, 0.717) is 12.1 Å². The quantitative estimate of drug-likeness (QED) is 0.219. The van der Waals surface area contributed by atoms with Crippen molar-refractivity contribution in [3.8, 4) is 0 Å². The minimum absolute atomic E-state index is 0.576. The first-order valence-corrected chi connectivity index (χ1v) is 12.4. The molecule has 0 aliphatic rings. The lowest BCUT2D eigenvalue weighted by Gasteiger charge is -2.20. The zero-order valence-corrected chi connectivity index (χ0v) is 19.9. The maximum absolute atomic E-state index is 11.8. The summed E-state index contributed by atoms with van der Waals surface area (Å²) in [5.74, 6) is 0. The number of amides is 2. The molecule has 0 aromatic rings. The molecule has 12 nitrogen and oxygen atoms in total. The predicted molar refractivity (Wildman–Crippen MR) is 111 cm³/mol. The molecule has 15 heteroatoms. The van der Waals surface area contributed by atoms with Crippen molar-refractivity contribution in [3.63, 3.8) is 0 Å². The fourth-order valence-electron chi connectivity index (χ4n) is 0.954. The van der Waals surface area contributed by atoms with Crippen molar-refractivity contribution in [1.29, 1.82) is 0 Å². The average Bonchev–Trinajstić information content (AvgIpc) is 2.51. The van der Waals surface area contributed by atoms with Crippen LogP contribution in [-0.4, -0.2) is 86.2 Å². The highest BCUT2D eigenvalue weighted by molar-refractivity contribution is 7.95. The fraction of sp³-hybridized carbons (Fsp3) is 0.714. The highest BCUT2D eigenvalue weighted by Gasteiger charge is 2.29. The Hall–Kier alpha value is -1.87. The normalized spacial score (nSPS) is 13.5. The van der Waals surface area contributed by atoms with Crippen molar-refractivity contribution in [2.24, 2.45) is 10.3 Å². The number of hydrogen-bond donors (Lipinski definition) is 0. The lowest BCUT2D eigenvalue weighted by molar-refractivity contribution is 0.131. The fourth-order valence-corrected chi connectivity index (χ4v) is 1.99. The molecular formula is C14H26N4O8S3. The molecule has 0 unspecified atom stereocenters. The van der Waals surface area contributed by atoms with Gasteiger partial charge in [-0.3, -0.25) is 9.68 Å². The highest BCUT2D eigenvalue weighted by Crippen LogP contribution is 2.16. The summed E-state index contributed by atoms with van der Waals surface area (Å²) < 4.78 is 45.2. The third-order valence-electron chi connectivity index (χ3n) is 3.66. The summed E-state index contributed by atoms with van der Waals surface area (Å²) in [4.78, 5) is 32.8. The molecule has 0 rings (SSSR count). The number of hydrogen-bond acceptors (Lipinski definition) is 11. The van der Waals surface area contributed by atoms with Gasteiger partial charge in [0.1, 0.15) is 9.49 Å². The van der Waals surface area contributed by atoms with Gasteiger partial charge in [0.15, 0.2) is 19.7 Å². The standard InChI is InChI=1S/C14H26N4O8S3/c1-13(2,28(7,21)22)9-15-25-11(19)17(5)27-18(6)12(20)26-16-10-14(3,4)29(8,23)24/h9-10H,1-8H3. The molecular weight excluding hydrogens is 448 g/mol. The first-order valence-electron chi connectivity index (χ1n) is 7.87. The van der Waals surface area contributed by atoms with Gasteiger partial charge in [0, 0.05) is 26.6 Å². The lowest BCUT2D eigenvalue weighted by atomic mass is 10.2. The molecule has 0 N–H and O–H groups in total. The molecule has 0 aromatic carbocycles. The average molecular weight is 475 g/mol. The topological polar surface area (TPSA) is 152 Å². The summed E-state index contributed by atoms with van der Waals surface area (Å²) in [5.41, 5.74) is 0. The van der Waals surface area contributed by atoms with E-state index in [4.69, 9.17) is 0 Å². The zero-order valence-electron chi connectivity index (χ0n) is 17.4. The third kappa shape index (κ3) is 8.57. The van der Waals surface area contributed by atoms with E-state index in [9.17, 15) is 26.4 Å². The maximum Gasteiger partial charge on any atom is 0.447 e. The summed E-state index contributed by atoms with van der Waals surface area (Å²) in [6, 6.07) is 0. The van der Waals surface area contributed by atoms with Crippen LogP contribution in [0.3, 0.4) is 0 Å². The van der Waals surface area contributed by atoms with Crippen molar-refractivity contribution in [2.75, 3.05) is 26.6 Å². The Morgan fingerprint density at radius 1 is 0.793 bits per heavy atom. The Balaban J connectivity index is 4.75. The molecule has 0 saturated heterocycles. The number of oxime groups is 2. The summed E-state index contributed by atoms with van der Waals surface area (Å²) in [7, 11) is -4.38. The van der Waals surface area contributed by atoms with Crippen LogP contribution in [0.2, 0.25) is 0 Å². The number of carbonyl (C=O) groups excluding carboxylic acids is 2.